The molecule has 4 nitrogen and oxygen atoms in total. The van der Waals surface area contributed by atoms with Crippen LogP contribution in [0.2, 0.25) is 0 Å². The van der Waals surface area contributed by atoms with Crippen LogP contribution in [0, 0.1) is 0 Å². The van der Waals surface area contributed by atoms with Gasteiger partial charge in [0.05, 0.1) is 12.1 Å². The van der Waals surface area contributed by atoms with Crippen molar-refractivity contribution < 1.29 is 9.53 Å². The highest BCUT2D eigenvalue weighted by atomic mass is 79.9. The highest BCUT2D eigenvalue weighted by Crippen LogP contribution is 2.22. The van der Waals surface area contributed by atoms with Gasteiger partial charge in [-0.2, -0.15) is 0 Å². The first-order valence-corrected chi connectivity index (χ1v) is 6.48. The molecule has 0 saturated heterocycles. The quantitative estimate of drug-likeness (QED) is 0.855. The van der Waals surface area contributed by atoms with Crippen molar-refractivity contribution >= 4 is 34.2 Å². The number of rotatable bonds is 5. The second-order valence-electron chi connectivity index (χ2n) is 4.68. The van der Waals surface area contributed by atoms with Crippen LogP contribution in [0.5, 0.6) is 0 Å². The van der Waals surface area contributed by atoms with Gasteiger partial charge < -0.3 is 15.8 Å². The Kier molecular flexibility index (Phi) is 7.59. The molecule has 0 aliphatic carbocycles. The van der Waals surface area contributed by atoms with Gasteiger partial charge in [-0.3, -0.25) is 4.79 Å². The van der Waals surface area contributed by atoms with Crippen molar-refractivity contribution in [3.8, 4) is 0 Å². The average Bonchev–Trinajstić information content (AvgIpc) is 2.29. The van der Waals surface area contributed by atoms with Crippen LogP contribution in [0.15, 0.2) is 28.7 Å². The number of hydrogen-bond donors (Lipinski definition) is 2. The zero-order valence-electron chi connectivity index (χ0n) is 11.3. The van der Waals surface area contributed by atoms with Crippen LogP contribution < -0.4 is 11.1 Å². The molecular weight excluding hydrogens is 332 g/mol. The average molecular weight is 352 g/mol. The monoisotopic (exact) mass is 350 g/mol. The standard InChI is InChI=1S/C13H19BrN2O2.ClH/c1-13(2,9-4-6-10(14)7-5-9)16-12(17)11(15)8-18-3;/h4-7,11H,8,15H2,1-3H3,(H,16,17);1H. The molecule has 6 heteroatoms. The maximum absolute atomic E-state index is 11.9. The molecule has 0 fully saturated rings. The predicted molar refractivity (Wildman–Crippen MR) is 82.4 cm³/mol. The number of halogens is 2. The number of hydrogen-bond acceptors (Lipinski definition) is 3. The summed E-state index contributed by atoms with van der Waals surface area (Å²) in [5.41, 5.74) is 6.24. The number of ether oxygens (including phenoxy) is 1. The van der Waals surface area contributed by atoms with Gasteiger partial charge in [0.25, 0.3) is 0 Å². The lowest BCUT2D eigenvalue weighted by Gasteiger charge is -2.28. The third kappa shape index (κ3) is 5.48. The van der Waals surface area contributed by atoms with E-state index in [-0.39, 0.29) is 24.9 Å². The van der Waals surface area contributed by atoms with E-state index in [9.17, 15) is 4.79 Å². The number of nitrogens with one attached hydrogen (secondary N) is 1. The molecule has 1 aromatic rings. The van der Waals surface area contributed by atoms with E-state index in [1.165, 1.54) is 7.11 Å². The molecule has 0 heterocycles. The van der Waals surface area contributed by atoms with Crippen LogP contribution in [-0.4, -0.2) is 25.7 Å². The summed E-state index contributed by atoms with van der Waals surface area (Å²) in [6.07, 6.45) is 0. The van der Waals surface area contributed by atoms with Gasteiger partial charge in [0.15, 0.2) is 0 Å². The summed E-state index contributed by atoms with van der Waals surface area (Å²) in [5.74, 6) is -0.218. The predicted octanol–water partition coefficient (Wildman–Crippen LogP) is 2.20. The third-order valence-electron chi connectivity index (χ3n) is 2.68. The molecule has 3 N–H and O–H groups in total. The molecule has 1 atom stereocenters. The van der Waals surface area contributed by atoms with Crippen molar-refractivity contribution in [1.82, 2.24) is 5.32 Å². The zero-order chi connectivity index (χ0) is 13.8. The maximum atomic E-state index is 11.9. The minimum absolute atomic E-state index is 0. The van der Waals surface area contributed by atoms with E-state index < -0.39 is 11.6 Å². The molecule has 1 aromatic carbocycles. The van der Waals surface area contributed by atoms with Gasteiger partial charge in [0.2, 0.25) is 5.91 Å². The summed E-state index contributed by atoms with van der Waals surface area (Å²) in [7, 11) is 1.52. The Morgan fingerprint density at radius 3 is 2.42 bits per heavy atom. The number of amides is 1. The number of carbonyl (C=O) groups is 1. The van der Waals surface area contributed by atoms with Gasteiger partial charge in [0.1, 0.15) is 6.04 Å². The first kappa shape index (κ1) is 18.4. The zero-order valence-corrected chi connectivity index (χ0v) is 13.7. The van der Waals surface area contributed by atoms with Gasteiger partial charge in [0, 0.05) is 11.6 Å². The van der Waals surface area contributed by atoms with E-state index in [0.29, 0.717) is 0 Å². The van der Waals surface area contributed by atoms with Crippen LogP contribution in [-0.2, 0) is 15.1 Å². The van der Waals surface area contributed by atoms with Crippen molar-refractivity contribution in [2.45, 2.75) is 25.4 Å². The SMILES string of the molecule is COCC(N)C(=O)NC(C)(C)c1ccc(Br)cc1.Cl. The number of nitrogens with two attached hydrogens (primary N) is 1. The smallest absolute Gasteiger partial charge is 0.239 e. The van der Waals surface area contributed by atoms with E-state index in [1.807, 2.05) is 38.1 Å². The molecule has 0 aromatic heterocycles. The van der Waals surface area contributed by atoms with Crippen LogP contribution in [0.25, 0.3) is 0 Å². The molecule has 0 aliphatic heterocycles. The Hall–Kier alpha value is -0.620. The largest absolute Gasteiger partial charge is 0.383 e. The van der Waals surface area contributed by atoms with Gasteiger partial charge in [-0.05, 0) is 31.5 Å². The fourth-order valence-electron chi connectivity index (χ4n) is 1.59. The second kappa shape index (κ2) is 7.85. The molecule has 0 aliphatic rings. The second-order valence-corrected chi connectivity index (χ2v) is 5.60. The van der Waals surface area contributed by atoms with Crippen molar-refractivity contribution in [3.05, 3.63) is 34.3 Å². The Morgan fingerprint density at radius 2 is 1.95 bits per heavy atom. The van der Waals surface area contributed by atoms with Crippen molar-refractivity contribution in [3.63, 3.8) is 0 Å². The highest BCUT2D eigenvalue weighted by molar-refractivity contribution is 9.10. The number of benzene rings is 1. The summed E-state index contributed by atoms with van der Waals surface area (Å²) >= 11 is 3.38. The van der Waals surface area contributed by atoms with Gasteiger partial charge >= 0.3 is 0 Å². The Labute approximate surface area is 128 Å². The lowest BCUT2D eigenvalue weighted by atomic mass is 9.94. The molecule has 0 radical (unpaired) electrons. The van der Waals surface area contributed by atoms with Gasteiger partial charge in [-0.1, -0.05) is 28.1 Å². The van der Waals surface area contributed by atoms with Crippen LogP contribution in [0.4, 0.5) is 0 Å². The summed E-state index contributed by atoms with van der Waals surface area (Å²) in [5, 5.41) is 2.92. The molecular formula is C13H20BrClN2O2. The first-order chi connectivity index (χ1) is 8.36. The van der Waals surface area contributed by atoms with Crippen LogP contribution in [0.3, 0.4) is 0 Å². The number of carbonyl (C=O) groups excluding carboxylic acids is 1. The minimum atomic E-state index is -0.648. The lowest BCUT2D eigenvalue weighted by Crippen LogP contribution is -2.50. The highest BCUT2D eigenvalue weighted by Gasteiger charge is 2.25. The normalized spacial score (nSPS) is 12.5. The minimum Gasteiger partial charge on any atom is -0.383 e. The summed E-state index contributed by atoms with van der Waals surface area (Å²) in [4.78, 5) is 11.9. The fourth-order valence-corrected chi connectivity index (χ4v) is 1.86. The Balaban J connectivity index is 0.00000324. The van der Waals surface area contributed by atoms with Crippen molar-refractivity contribution in [1.29, 1.82) is 0 Å². The van der Waals surface area contributed by atoms with E-state index >= 15 is 0 Å². The maximum Gasteiger partial charge on any atom is 0.239 e. The molecule has 1 rings (SSSR count). The third-order valence-corrected chi connectivity index (χ3v) is 3.21. The van der Waals surface area contributed by atoms with Crippen LogP contribution in [0.1, 0.15) is 19.4 Å². The van der Waals surface area contributed by atoms with E-state index in [4.69, 9.17) is 10.5 Å². The molecule has 19 heavy (non-hydrogen) atoms. The molecule has 1 unspecified atom stereocenters. The first-order valence-electron chi connectivity index (χ1n) is 5.69. The van der Waals surface area contributed by atoms with Gasteiger partial charge in [-0.25, -0.2) is 0 Å². The molecule has 0 bridgehead atoms. The van der Waals surface area contributed by atoms with Crippen molar-refractivity contribution in [2.75, 3.05) is 13.7 Å². The van der Waals surface area contributed by atoms with Crippen LogP contribution >= 0.6 is 28.3 Å². The fraction of sp³-hybridized carbons (Fsp3) is 0.462. The summed E-state index contributed by atoms with van der Waals surface area (Å²) < 4.78 is 5.87. The summed E-state index contributed by atoms with van der Waals surface area (Å²) in [6, 6.07) is 7.17. The molecule has 108 valence electrons. The van der Waals surface area contributed by atoms with E-state index in [0.717, 1.165) is 10.0 Å². The topological polar surface area (TPSA) is 64.3 Å². The van der Waals surface area contributed by atoms with Gasteiger partial charge in [-0.15, -0.1) is 12.4 Å². The van der Waals surface area contributed by atoms with E-state index in [2.05, 4.69) is 21.2 Å². The van der Waals surface area contributed by atoms with Crippen molar-refractivity contribution in [2.24, 2.45) is 5.73 Å². The summed E-state index contributed by atoms with van der Waals surface area (Å²) in [6.45, 7) is 4.09. The molecule has 0 saturated carbocycles. The lowest BCUT2D eigenvalue weighted by molar-refractivity contribution is -0.125. The van der Waals surface area contributed by atoms with E-state index in [1.54, 1.807) is 0 Å². The number of methoxy groups -OCH3 is 1. The molecule has 1 amide bonds. The Morgan fingerprint density at radius 1 is 1.42 bits per heavy atom. The molecule has 0 spiro atoms. The Bertz CT molecular complexity index is 410.